The minimum absolute atomic E-state index is 0.316. The Morgan fingerprint density at radius 1 is 1.15 bits per heavy atom. The first-order valence-corrected chi connectivity index (χ1v) is 6.92. The number of aryl methyl sites for hydroxylation is 1. The molecule has 0 aliphatic rings. The lowest BCUT2D eigenvalue weighted by Crippen LogP contribution is -2.24. The van der Waals surface area contributed by atoms with Crippen molar-refractivity contribution >= 4 is 0 Å². The Kier molecular flexibility index (Phi) is 4.90. The van der Waals surface area contributed by atoms with Gasteiger partial charge in [-0.15, -0.1) is 0 Å². The van der Waals surface area contributed by atoms with Gasteiger partial charge in [0.2, 0.25) is 0 Å². The molecule has 108 valence electrons. The van der Waals surface area contributed by atoms with Gasteiger partial charge < -0.3 is 9.73 Å². The average molecular weight is 279 g/mol. The van der Waals surface area contributed by atoms with Crippen molar-refractivity contribution in [2.75, 3.05) is 6.54 Å². The van der Waals surface area contributed by atoms with Gasteiger partial charge in [-0.3, -0.25) is 0 Å². The largest absolute Gasteiger partial charge is 0.469 e. The molecule has 0 saturated heterocycles. The number of hydrogen-bond donors (Lipinski definition) is 1. The summed E-state index contributed by atoms with van der Waals surface area (Å²) >= 11 is 0. The molecular weight excluding hydrogens is 260 g/mol. The van der Waals surface area contributed by atoms with Gasteiger partial charge >= 0.3 is 0 Å². The molecule has 0 aliphatic heterocycles. The zero-order valence-corrected chi connectivity index (χ0v) is 11.7. The molecule has 0 bridgehead atoms. The van der Waals surface area contributed by atoms with E-state index in [0.29, 0.717) is 5.56 Å². The van der Waals surface area contributed by atoms with Gasteiger partial charge in [0.25, 0.3) is 0 Å². The molecule has 2 aromatic rings. The van der Waals surface area contributed by atoms with Crippen LogP contribution in [-0.4, -0.2) is 6.54 Å². The van der Waals surface area contributed by atoms with Gasteiger partial charge in [0.1, 0.15) is 17.4 Å². The number of benzene rings is 1. The van der Waals surface area contributed by atoms with Gasteiger partial charge in [0.05, 0.1) is 12.3 Å². The molecule has 20 heavy (non-hydrogen) atoms. The molecule has 0 spiro atoms. The first-order valence-electron chi connectivity index (χ1n) is 6.92. The summed E-state index contributed by atoms with van der Waals surface area (Å²) in [5.41, 5.74) is 1.35. The van der Waals surface area contributed by atoms with E-state index in [1.165, 1.54) is 12.1 Å². The smallest absolute Gasteiger partial charge is 0.131 e. The average Bonchev–Trinajstić information content (AvgIpc) is 2.89. The second-order valence-corrected chi connectivity index (χ2v) is 4.71. The topological polar surface area (TPSA) is 25.2 Å². The van der Waals surface area contributed by atoms with Crippen LogP contribution in [0.25, 0.3) is 0 Å². The van der Waals surface area contributed by atoms with E-state index >= 15 is 0 Å². The number of halogens is 2. The molecule has 4 heteroatoms. The minimum atomic E-state index is -0.566. The summed E-state index contributed by atoms with van der Waals surface area (Å²) in [6.07, 6.45) is 3.27. The highest BCUT2D eigenvalue weighted by molar-refractivity contribution is 5.34. The van der Waals surface area contributed by atoms with Crippen LogP contribution in [0.4, 0.5) is 8.78 Å². The van der Waals surface area contributed by atoms with Crippen molar-refractivity contribution in [2.45, 2.75) is 32.7 Å². The summed E-state index contributed by atoms with van der Waals surface area (Å²) in [5, 5.41) is 3.30. The molecule has 0 amide bonds. The second kappa shape index (κ2) is 6.66. The fourth-order valence-electron chi connectivity index (χ4n) is 2.31. The molecule has 1 N–H and O–H groups in total. The Bertz CT molecular complexity index is 565. The Hall–Kier alpha value is -1.68. The molecule has 0 saturated carbocycles. The molecule has 2 nitrogen and oxygen atoms in total. The summed E-state index contributed by atoms with van der Waals surface area (Å²) in [4.78, 5) is 0. The van der Waals surface area contributed by atoms with E-state index in [-0.39, 0.29) is 6.04 Å². The van der Waals surface area contributed by atoms with Crippen LogP contribution in [0.15, 0.2) is 34.9 Å². The van der Waals surface area contributed by atoms with Crippen molar-refractivity contribution in [3.05, 3.63) is 59.1 Å². The molecule has 1 atom stereocenters. The highest BCUT2D eigenvalue weighted by Crippen LogP contribution is 2.28. The summed E-state index contributed by atoms with van der Waals surface area (Å²) in [6.45, 7) is 4.78. The standard InChI is InChI=1S/C16H19F2NO/c1-3-8-19-16(13-7-9-20-15(13)4-2)12-6-5-11(17)10-14(12)18/h5-7,9-10,16,19H,3-4,8H2,1-2H3. The molecule has 0 fully saturated rings. The second-order valence-electron chi connectivity index (χ2n) is 4.71. The van der Waals surface area contributed by atoms with Crippen LogP contribution in [0.1, 0.15) is 43.2 Å². The molecule has 0 aliphatic carbocycles. The van der Waals surface area contributed by atoms with E-state index in [1.807, 2.05) is 19.9 Å². The van der Waals surface area contributed by atoms with Crippen LogP contribution < -0.4 is 5.32 Å². The fraction of sp³-hybridized carbons (Fsp3) is 0.375. The number of nitrogens with one attached hydrogen (secondary N) is 1. The quantitative estimate of drug-likeness (QED) is 0.857. The van der Waals surface area contributed by atoms with Crippen molar-refractivity contribution < 1.29 is 13.2 Å². The van der Waals surface area contributed by atoms with Crippen molar-refractivity contribution in [3.8, 4) is 0 Å². The normalized spacial score (nSPS) is 12.6. The first-order chi connectivity index (χ1) is 9.67. The van der Waals surface area contributed by atoms with E-state index in [1.54, 1.807) is 6.26 Å². The predicted molar refractivity (Wildman–Crippen MR) is 74.6 cm³/mol. The van der Waals surface area contributed by atoms with Crippen molar-refractivity contribution in [3.63, 3.8) is 0 Å². The van der Waals surface area contributed by atoms with Crippen LogP contribution in [0.3, 0.4) is 0 Å². The Morgan fingerprint density at radius 3 is 2.60 bits per heavy atom. The van der Waals surface area contributed by atoms with Crippen LogP contribution >= 0.6 is 0 Å². The zero-order chi connectivity index (χ0) is 14.5. The van der Waals surface area contributed by atoms with Crippen LogP contribution in [0, 0.1) is 11.6 Å². The predicted octanol–water partition coefficient (Wildman–Crippen LogP) is 4.21. The lowest BCUT2D eigenvalue weighted by molar-refractivity contribution is 0.492. The maximum Gasteiger partial charge on any atom is 0.131 e. The summed E-state index contributed by atoms with van der Waals surface area (Å²) in [7, 11) is 0. The van der Waals surface area contributed by atoms with E-state index < -0.39 is 11.6 Å². The van der Waals surface area contributed by atoms with Crippen molar-refractivity contribution in [1.82, 2.24) is 5.32 Å². The third kappa shape index (κ3) is 3.07. The van der Waals surface area contributed by atoms with Crippen LogP contribution in [0.2, 0.25) is 0 Å². The van der Waals surface area contributed by atoms with Crippen LogP contribution in [0.5, 0.6) is 0 Å². The molecule has 1 heterocycles. The van der Waals surface area contributed by atoms with Gasteiger partial charge in [0.15, 0.2) is 0 Å². The monoisotopic (exact) mass is 279 g/mol. The summed E-state index contributed by atoms with van der Waals surface area (Å²) in [5.74, 6) is -0.285. The number of rotatable bonds is 6. The zero-order valence-electron chi connectivity index (χ0n) is 11.7. The lowest BCUT2D eigenvalue weighted by Gasteiger charge is -2.19. The van der Waals surface area contributed by atoms with Gasteiger partial charge in [0, 0.05) is 23.6 Å². The van der Waals surface area contributed by atoms with Crippen molar-refractivity contribution in [1.29, 1.82) is 0 Å². The Balaban J connectivity index is 2.41. The summed E-state index contributed by atoms with van der Waals surface area (Å²) < 4.78 is 32.5. The van der Waals surface area contributed by atoms with E-state index in [0.717, 1.165) is 36.8 Å². The maximum absolute atomic E-state index is 14.0. The van der Waals surface area contributed by atoms with Gasteiger partial charge in [-0.25, -0.2) is 8.78 Å². The highest BCUT2D eigenvalue weighted by atomic mass is 19.1. The van der Waals surface area contributed by atoms with Gasteiger partial charge in [-0.2, -0.15) is 0 Å². The minimum Gasteiger partial charge on any atom is -0.469 e. The first kappa shape index (κ1) is 14.7. The molecule has 1 unspecified atom stereocenters. The van der Waals surface area contributed by atoms with E-state index in [4.69, 9.17) is 4.42 Å². The van der Waals surface area contributed by atoms with E-state index in [9.17, 15) is 8.78 Å². The van der Waals surface area contributed by atoms with Crippen LogP contribution in [-0.2, 0) is 6.42 Å². The fourth-order valence-corrected chi connectivity index (χ4v) is 2.31. The summed E-state index contributed by atoms with van der Waals surface area (Å²) in [6, 6.07) is 5.22. The molecule has 1 aromatic heterocycles. The number of hydrogen-bond acceptors (Lipinski definition) is 2. The molecular formula is C16H19F2NO. The lowest BCUT2D eigenvalue weighted by atomic mass is 9.97. The Labute approximate surface area is 117 Å². The van der Waals surface area contributed by atoms with Gasteiger partial charge in [-0.05, 0) is 25.1 Å². The third-order valence-corrected chi connectivity index (χ3v) is 3.28. The van der Waals surface area contributed by atoms with Gasteiger partial charge in [-0.1, -0.05) is 19.9 Å². The Morgan fingerprint density at radius 2 is 1.95 bits per heavy atom. The molecule has 2 rings (SSSR count). The van der Waals surface area contributed by atoms with E-state index in [2.05, 4.69) is 5.32 Å². The third-order valence-electron chi connectivity index (χ3n) is 3.28. The number of furan rings is 1. The highest BCUT2D eigenvalue weighted by Gasteiger charge is 2.21. The maximum atomic E-state index is 14.0. The van der Waals surface area contributed by atoms with Crippen molar-refractivity contribution in [2.24, 2.45) is 0 Å². The molecule has 0 radical (unpaired) electrons. The SMILES string of the molecule is CCCNC(c1ccc(F)cc1F)c1ccoc1CC. The molecule has 1 aromatic carbocycles.